The molecular weight excluding hydrogens is 444 g/mol. The first-order valence-electron chi connectivity index (χ1n) is 6.52. The van der Waals surface area contributed by atoms with Gasteiger partial charge in [0.2, 0.25) is 0 Å². The molecule has 0 spiro atoms. The van der Waals surface area contributed by atoms with Crippen LogP contribution in [0.5, 0.6) is 0 Å². The van der Waals surface area contributed by atoms with Crippen molar-refractivity contribution >= 4 is 39.7 Å². The van der Waals surface area contributed by atoms with Crippen LogP contribution in [0, 0.1) is 9.81 Å². The molecule has 2 heterocycles. The molecular formula is C15H16Br2N4O3. The van der Waals surface area contributed by atoms with Gasteiger partial charge in [0.05, 0.1) is 25.5 Å². The van der Waals surface area contributed by atoms with Crippen LogP contribution in [0.1, 0.15) is 0 Å². The minimum absolute atomic E-state index is 0. The smallest absolute Gasteiger partial charge is 0.172 e. The van der Waals surface area contributed by atoms with Crippen LogP contribution in [-0.2, 0) is 4.79 Å². The Morgan fingerprint density at radius 2 is 1.12 bits per heavy atom. The molecule has 0 unspecified atom stereocenters. The number of rotatable bonds is 6. The van der Waals surface area contributed by atoms with Crippen molar-refractivity contribution in [2.45, 2.75) is 0 Å². The van der Waals surface area contributed by atoms with Crippen molar-refractivity contribution in [3.05, 3.63) is 82.5 Å². The summed E-state index contributed by atoms with van der Waals surface area (Å²) in [7, 11) is 0. The number of hydrogen-bond donors (Lipinski definition) is 0. The van der Waals surface area contributed by atoms with E-state index in [4.69, 9.17) is 0 Å². The number of carbonyl (C=O) groups excluding carboxylic acids is 1. The van der Waals surface area contributed by atoms with Crippen LogP contribution < -0.4 is 0 Å². The Morgan fingerprint density at radius 1 is 0.792 bits per heavy atom. The van der Waals surface area contributed by atoms with Gasteiger partial charge in [-0.1, -0.05) is 0 Å². The Bertz CT molecular complexity index is 565. The fourth-order valence-electron chi connectivity index (χ4n) is 1.90. The zero-order chi connectivity index (χ0) is 15.8. The average molecular weight is 460 g/mol. The Labute approximate surface area is 160 Å². The predicted molar refractivity (Wildman–Crippen MR) is 103 cm³/mol. The zero-order valence-electron chi connectivity index (χ0n) is 12.5. The van der Waals surface area contributed by atoms with Gasteiger partial charge in [-0.25, -0.2) is 0 Å². The monoisotopic (exact) mass is 458 g/mol. The summed E-state index contributed by atoms with van der Waals surface area (Å²) in [4.78, 5) is 35.7. The van der Waals surface area contributed by atoms with E-state index >= 15 is 0 Å². The number of nitrogens with zero attached hydrogens (tertiary/aromatic N) is 4. The molecule has 0 fully saturated rings. The SMILES string of the molecule is Br.Br.O=NC=C1C=CN(CC(=O)CN2C=CC(=CN=O)C=C2)C=C1. The van der Waals surface area contributed by atoms with Crippen LogP contribution in [0.25, 0.3) is 0 Å². The van der Waals surface area contributed by atoms with Crippen molar-refractivity contribution in [3.8, 4) is 0 Å². The van der Waals surface area contributed by atoms with Gasteiger partial charge in [0.15, 0.2) is 5.78 Å². The second-order valence-corrected chi connectivity index (χ2v) is 4.62. The molecule has 0 atom stereocenters. The molecule has 7 nitrogen and oxygen atoms in total. The average Bonchev–Trinajstić information content (AvgIpc) is 2.52. The maximum Gasteiger partial charge on any atom is 0.172 e. The van der Waals surface area contributed by atoms with Crippen molar-refractivity contribution in [2.75, 3.05) is 13.1 Å². The standard InChI is InChI=1S/C15H14N4O3.2BrH/c20-15(11-18-5-1-13(2-6-18)9-16-21)12-19-7-3-14(4-8-19)10-17-22;;/h1-10H,11-12H2;2*1H. The van der Waals surface area contributed by atoms with Crippen molar-refractivity contribution in [1.29, 1.82) is 0 Å². The predicted octanol–water partition coefficient (Wildman–Crippen LogP) is 3.70. The normalized spacial score (nSPS) is 14.7. The van der Waals surface area contributed by atoms with E-state index in [0.717, 1.165) is 0 Å². The third-order valence-corrected chi connectivity index (χ3v) is 2.96. The molecule has 0 radical (unpaired) electrons. The molecule has 0 aromatic carbocycles. The Hall–Kier alpha value is -2.13. The second kappa shape index (κ2) is 11.4. The van der Waals surface area contributed by atoms with Gasteiger partial charge in [-0.15, -0.1) is 43.8 Å². The highest BCUT2D eigenvalue weighted by molar-refractivity contribution is 8.93. The maximum absolute atomic E-state index is 12.0. The number of hydrogen-bond acceptors (Lipinski definition) is 7. The molecule has 0 aliphatic carbocycles. The molecule has 0 N–H and O–H groups in total. The van der Waals surface area contributed by atoms with Crippen molar-refractivity contribution in [1.82, 2.24) is 9.80 Å². The molecule has 0 saturated heterocycles. The number of allylic oxidation sites excluding steroid dienone is 6. The summed E-state index contributed by atoms with van der Waals surface area (Å²) in [6.45, 7) is 0.455. The van der Waals surface area contributed by atoms with Gasteiger partial charge in [0, 0.05) is 24.8 Å². The zero-order valence-corrected chi connectivity index (χ0v) is 15.9. The van der Waals surface area contributed by atoms with E-state index in [2.05, 4.69) is 10.4 Å². The molecule has 9 heteroatoms. The highest BCUT2D eigenvalue weighted by atomic mass is 79.9. The van der Waals surface area contributed by atoms with E-state index < -0.39 is 0 Å². The van der Waals surface area contributed by atoms with Crippen LogP contribution in [0.4, 0.5) is 0 Å². The maximum atomic E-state index is 12.0. The van der Waals surface area contributed by atoms with Gasteiger partial charge in [-0.05, 0) is 45.8 Å². The first kappa shape index (κ1) is 21.9. The summed E-state index contributed by atoms with van der Waals surface area (Å²) >= 11 is 0. The summed E-state index contributed by atoms with van der Waals surface area (Å²) in [5.41, 5.74) is 1.37. The first-order valence-corrected chi connectivity index (χ1v) is 6.52. The molecule has 0 amide bonds. The Morgan fingerprint density at radius 3 is 1.42 bits per heavy atom. The summed E-state index contributed by atoms with van der Waals surface area (Å²) in [6, 6.07) is 0. The molecule has 2 aliphatic heterocycles. The van der Waals surface area contributed by atoms with Gasteiger partial charge >= 0.3 is 0 Å². The molecule has 0 aromatic rings. The first-order chi connectivity index (χ1) is 10.7. The number of nitroso groups, excluding NO2 is 2. The van der Waals surface area contributed by atoms with E-state index in [-0.39, 0.29) is 52.8 Å². The lowest BCUT2D eigenvalue weighted by atomic mass is 10.2. The third kappa shape index (κ3) is 6.97. The van der Waals surface area contributed by atoms with Gasteiger partial charge in [-0.3, -0.25) is 4.79 Å². The van der Waals surface area contributed by atoms with Gasteiger partial charge < -0.3 is 9.80 Å². The van der Waals surface area contributed by atoms with Crippen LogP contribution in [0.3, 0.4) is 0 Å². The fourth-order valence-corrected chi connectivity index (χ4v) is 1.90. The Kier molecular flexibility index (Phi) is 10.4. The van der Waals surface area contributed by atoms with E-state index in [1.807, 2.05) is 0 Å². The van der Waals surface area contributed by atoms with Crippen LogP contribution >= 0.6 is 34.0 Å². The van der Waals surface area contributed by atoms with E-state index in [0.29, 0.717) is 11.1 Å². The number of carbonyl (C=O) groups is 1. The summed E-state index contributed by atoms with van der Waals surface area (Å²) in [5, 5.41) is 5.38. The summed E-state index contributed by atoms with van der Waals surface area (Å²) in [6.07, 6.45) is 16.1. The number of Topliss-reactive ketones (excluding diaryl/α,β-unsaturated/α-hetero) is 1. The second-order valence-electron chi connectivity index (χ2n) is 4.62. The van der Waals surface area contributed by atoms with Crippen molar-refractivity contribution < 1.29 is 4.79 Å². The number of halogens is 2. The highest BCUT2D eigenvalue weighted by Gasteiger charge is 2.11. The van der Waals surface area contributed by atoms with Crippen LogP contribution in [0.15, 0.2) is 83.0 Å². The molecule has 0 bridgehead atoms. The van der Waals surface area contributed by atoms with E-state index in [1.165, 1.54) is 12.4 Å². The lowest BCUT2D eigenvalue weighted by Gasteiger charge is -2.21. The lowest BCUT2D eigenvalue weighted by molar-refractivity contribution is -0.119. The topological polar surface area (TPSA) is 82.4 Å². The van der Waals surface area contributed by atoms with Gasteiger partial charge in [0.25, 0.3) is 0 Å². The largest absolute Gasteiger partial charge is 0.347 e. The quantitative estimate of drug-likeness (QED) is 0.565. The molecule has 2 aliphatic rings. The minimum atomic E-state index is 0. The molecule has 0 aromatic heterocycles. The molecule has 24 heavy (non-hydrogen) atoms. The van der Waals surface area contributed by atoms with Crippen molar-refractivity contribution in [3.63, 3.8) is 0 Å². The van der Waals surface area contributed by atoms with Crippen molar-refractivity contribution in [2.24, 2.45) is 10.4 Å². The van der Waals surface area contributed by atoms with Gasteiger partial charge in [-0.2, -0.15) is 0 Å². The fraction of sp³-hybridized carbons (Fsp3) is 0.133. The van der Waals surface area contributed by atoms with E-state index in [9.17, 15) is 14.6 Å². The Balaban J connectivity index is 0.00000264. The molecule has 128 valence electrons. The van der Waals surface area contributed by atoms with Crippen LogP contribution in [0.2, 0.25) is 0 Å². The molecule has 0 saturated carbocycles. The highest BCUT2D eigenvalue weighted by Crippen LogP contribution is 2.11. The molecule has 2 rings (SSSR count). The van der Waals surface area contributed by atoms with Crippen LogP contribution in [-0.4, -0.2) is 28.7 Å². The lowest BCUT2D eigenvalue weighted by Crippen LogP contribution is -2.29. The van der Waals surface area contributed by atoms with E-state index in [1.54, 1.807) is 58.9 Å². The summed E-state index contributed by atoms with van der Waals surface area (Å²) in [5.74, 6) is 0.0190. The summed E-state index contributed by atoms with van der Waals surface area (Å²) < 4.78 is 0. The third-order valence-electron chi connectivity index (χ3n) is 2.96. The van der Waals surface area contributed by atoms with Gasteiger partial charge in [0.1, 0.15) is 0 Å². The number of ketones is 1. The minimum Gasteiger partial charge on any atom is -0.347 e.